The number of benzene rings is 3. The van der Waals surface area contributed by atoms with Gasteiger partial charge in [-0.1, -0.05) is 12.1 Å². The van der Waals surface area contributed by atoms with Gasteiger partial charge < -0.3 is 5.32 Å². The molecule has 1 atom stereocenters. The third kappa shape index (κ3) is 2.89. The van der Waals surface area contributed by atoms with Gasteiger partial charge in [0.15, 0.2) is 23.3 Å². The van der Waals surface area contributed by atoms with Crippen molar-refractivity contribution in [3.63, 3.8) is 0 Å². The van der Waals surface area contributed by atoms with E-state index < -0.39 is 52.5 Å². The van der Waals surface area contributed by atoms with Crippen molar-refractivity contribution < 1.29 is 31.1 Å². The first-order chi connectivity index (χ1) is 13.8. The number of anilines is 2. The first-order valence-electron chi connectivity index (χ1n) is 8.27. The van der Waals surface area contributed by atoms with Crippen LogP contribution in [-0.4, -0.2) is 5.91 Å². The van der Waals surface area contributed by atoms with E-state index in [0.717, 1.165) is 29.2 Å². The molecule has 3 nitrogen and oxygen atoms in total. The molecule has 0 spiro atoms. The van der Waals surface area contributed by atoms with E-state index in [2.05, 4.69) is 5.32 Å². The fourth-order valence-corrected chi connectivity index (χ4v) is 3.19. The van der Waals surface area contributed by atoms with Crippen LogP contribution in [0.1, 0.15) is 22.1 Å². The van der Waals surface area contributed by atoms with Crippen molar-refractivity contribution in [2.45, 2.75) is 6.17 Å². The molecular formula is C20H10F6N2O. The van der Waals surface area contributed by atoms with Crippen molar-refractivity contribution in [1.29, 1.82) is 0 Å². The van der Waals surface area contributed by atoms with Crippen molar-refractivity contribution in [1.82, 2.24) is 0 Å². The molecule has 0 bridgehead atoms. The molecule has 29 heavy (non-hydrogen) atoms. The highest BCUT2D eigenvalue weighted by atomic mass is 19.2. The highest BCUT2D eigenvalue weighted by molar-refractivity contribution is 6.12. The Labute approximate surface area is 160 Å². The van der Waals surface area contributed by atoms with Gasteiger partial charge in [0.25, 0.3) is 5.91 Å². The minimum absolute atomic E-state index is 0.00709. The smallest absolute Gasteiger partial charge is 0.262 e. The highest BCUT2D eigenvalue weighted by Gasteiger charge is 2.40. The molecule has 1 aliphatic heterocycles. The second-order valence-electron chi connectivity index (χ2n) is 6.23. The summed E-state index contributed by atoms with van der Waals surface area (Å²) in [6.07, 6.45) is -1.77. The summed E-state index contributed by atoms with van der Waals surface area (Å²) in [6.45, 7) is 0. The van der Waals surface area contributed by atoms with Gasteiger partial charge in [-0.2, -0.15) is 0 Å². The molecule has 0 unspecified atom stereocenters. The molecule has 3 aromatic rings. The fraction of sp³-hybridized carbons (Fsp3) is 0.0500. The topological polar surface area (TPSA) is 32.3 Å². The van der Waals surface area contributed by atoms with Crippen LogP contribution in [0.2, 0.25) is 0 Å². The van der Waals surface area contributed by atoms with Crippen LogP contribution in [0.3, 0.4) is 0 Å². The summed E-state index contributed by atoms with van der Waals surface area (Å²) < 4.78 is 83.3. The van der Waals surface area contributed by atoms with Crippen molar-refractivity contribution in [2.75, 3.05) is 10.2 Å². The Morgan fingerprint density at radius 1 is 0.724 bits per heavy atom. The first kappa shape index (κ1) is 18.9. The maximum atomic E-state index is 14.5. The molecule has 1 N–H and O–H groups in total. The molecule has 1 heterocycles. The number of fused-ring (bicyclic) bond motifs is 1. The molecule has 148 valence electrons. The van der Waals surface area contributed by atoms with Crippen LogP contribution in [0.4, 0.5) is 37.7 Å². The van der Waals surface area contributed by atoms with Crippen LogP contribution in [0.25, 0.3) is 0 Å². The van der Waals surface area contributed by atoms with Gasteiger partial charge >= 0.3 is 0 Å². The summed E-state index contributed by atoms with van der Waals surface area (Å²) in [4.78, 5) is 13.8. The number of para-hydroxylation sites is 1. The molecule has 0 radical (unpaired) electrons. The summed E-state index contributed by atoms with van der Waals surface area (Å²) in [5.41, 5.74) is -0.984. The number of carbonyl (C=O) groups is 1. The maximum absolute atomic E-state index is 14.5. The van der Waals surface area contributed by atoms with Crippen molar-refractivity contribution in [2.24, 2.45) is 0 Å². The quantitative estimate of drug-likeness (QED) is 0.355. The monoisotopic (exact) mass is 408 g/mol. The Balaban J connectivity index is 1.98. The van der Waals surface area contributed by atoms with Gasteiger partial charge in [-0.15, -0.1) is 0 Å². The van der Waals surface area contributed by atoms with E-state index in [-0.39, 0.29) is 16.9 Å². The van der Waals surface area contributed by atoms with Crippen LogP contribution in [0.15, 0.2) is 48.5 Å². The van der Waals surface area contributed by atoms with Gasteiger partial charge in [0.1, 0.15) is 12.0 Å². The van der Waals surface area contributed by atoms with Crippen molar-refractivity contribution in [3.8, 4) is 0 Å². The number of amides is 1. The number of carbonyl (C=O) groups excluding carboxylic acids is 1. The average molecular weight is 408 g/mol. The molecule has 4 rings (SSSR count). The normalized spacial score (nSPS) is 15.9. The number of hydrogen-bond donors (Lipinski definition) is 1. The molecule has 3 aromatic carbocycles. The van der Waals surface area contributed by atoms with E-state index >= 15 is 0 Å². The van der Waals surface area contributed by atoms with E-state index in [0.29, 0.717) is 0 Å². The Morgan fingerprint density at radius 2 is 1.28 bits per heavy atom. The largest absolute Gasteiger partial charge is 0.360 e. The van der Waals surface area contributed by atoms with Crippen LogP contribution in [-0.2, 0) is 0 Å². The SMILES string of the molecule is O=C1c2ccccc2N[C@H](c2c(F)c(F)c(F)c(F)c2F)N1c1ccc(F)cc1. The fourth-order valence-electron chi connectivity index (χ4n) is 3.19. The lowest BCUT2D eigenvalue weighted by Crippen LogP contribution is -2.44. The van der Waals surface area contributed by atoms with Gasteiger partial charge in [-0.3, -0.25) is 9.69 Å². The summed E-state index contributed by atoms with van der Waals surface area (Å²) in [5, 5.41) is 2.64. The molecule has 0 saturated heterocycles. The third-order valence-electron chi connectivity index (χ3n) is 4.55. The molecule has 9 heteroatoms. The first-order valence-corrected chi connectivity index (χ1v) is 8.27. The molecule has 0 saturated carbocycles. The summed E-state index contributed by atoms with van der Waals surface area (Å²) in [7, 11) is 0. The molecule has 0 aliphatic carbocycles. The number of hydrogen-bond acceptors (Lipinski definition) is 2. The maximum Gasteiger partial charge on any atom is 0.262 e. The molecular weight excluding hydrogens is 398 g/mol. The molecule has 1 amide bonds. The van der Waals surface area contributed by atoms with Gasteiger partial charge in [0.05, 0.1) is 11.1 Å². The summed E-state index contributed by atoms with van der Waals surface area (Å²) >= 11 is 0. The van der Waals surface area contributed by atoms with Crippen LogP contribution < -0.4 is 10.2 Å². The lowest BCUT2D eigenvalue weighted by Gasteiger charge is -2.38. The number of nitrogens with zero attached hydrogens (tertiary/aromatic N) is 1. The number of halogens is 6. The van der Waals surface area contributed by atoms with Gasteiger partial charge in [-0.05, 0) is 36.4 Å². The predicted molar refractivity (Wildman–Crippen MR) is 92.2 cm³/mol. The minimum Gasteiger partial charge on any atom is -0.360 e. The Bertz CT molecular complexity index is 1100. The van der Waals surface area contributed by atoms with Crippen LogP contribution in [0, 0.1) is 34.9 Å². The zero-order chi connectivity index (χ0) is 20.9. The lowest BCUT2D eigenvalue weighted by atomic mass is 10.0. The van der Waals surface area contributed by atoms with Crippen molar-refractivity contribution in [3.05, 3.63) is 94.6 Å². The number of nitrogens with one attached hydrogen (secondary N) is 1. The van der Waals surface area contributed by atoms with E-state index in [1.54, 1.807) is 6.07 Å². The van der Waals surface area contributed by atoms with Gasteiger partial charge in [0.2, 0.25) is 5.82 Å². The second-order valence-corrected chi connectivity index (χ2v) is 6.23. The average Bonchev–Trinajstić information content (AvgIpc) is 2.72. The van der Waals surface area contributed by atoms with E-state index in [4.69, 9.17) is 0 Å². The number of rotatable bonds is 2. The second kappa shape index (κ2) is 6.84. The minimum atomic E-state index is -2.31. The van der Waals surface area contributed by atoms with E-state index in [1.807, 2.05) is 0 Å². The third-order valence-corrected chi connectivity index (χ3v) is 4.55. The molecule has 0 fully saturated rings. The Hall–Kier alpha value is -3.49. The zero-order valence-corrected chi connectivity index (χ0v) is 14.3. The highest BCUT2D eigenvalue weighted by Crippen LogP contribution is 2.39. The molecule has 1 aliphatic rings. The van der Waals surface area contributed by atoms with Crippen LogP contribution in [0.5, 0.6) is 0 Å². The lowest BCUT2D eigenvalue weighted by molar-refractivity contribution is 0.0973. The van der Waals surface area contributed by atoms with Crippen LogP contribution >= 0.6 is 0 Å². The summed E-state index contributed by atoms with van der Waals surface area (Å²) in [5.74, 6) is -12.1. The Kier molecular flexibility index (Phi) is 4.45. The summed E-state index contributed by atoms with van der Waals surface area (Å²) in [6, 6.07) is 10.2. The molecule has 0 aromatic heterocycles. The van der Waals surface area contributed by atoms with Gasteiger partial charge in [0, 0.05) is 11.4 Å². The van der Waals surface area contributed by atoms with E-state index in [9.17, 15) is 31.1 Å². The van der Waals surface area contributed by atoms with Crippen molar-refractivity contribution >= 4 is 17.3 Å². The van der Waals surface area contributed by atoms with Gasteiger partial charge in [-0.25, -0.2) is 26.3 Å². The Morgan fingerprint density at radius 3 is 1.90 bits per heavy atom. The standard InChI is InChI=1S/C20H10F6N2O/c21-9-5-7-10(8-6-9)28-19(27-12-4-2-1-3-11(12)20(28)29)13-14(22)16(24)18(26)17(25)15(13)23/h1-8,19,27H/t19-/m0/s1. The van der Waals surface area contributed by atoms with E-state index in [1.165, 1.54) is 18.2 Å². The zero-order valence-electron chi connectivity index (χ0n) is 14.3. The predicted octanol–water partition coefficient (Wildman–Crippen LogP) is 5.29.